The van der Waals surface area contributed by atoms with Crippen LogP contribution in [0.4, 0.5) is 0 Å². The van der Waals surface area contributed by atoms with E-state index in [-0.39, 0.29) is 22.3 Å². The summed E-state index contributed by atoms with van der Waals surface area (Å²) in [6, 6.07) is 12.6. The maximum Gasteiger partial charge on any atom is 0.342 e. The van der Waals surface area contributed by atoms with Gasteiger partial charge in [0.05, 0.1) is 18.0 Å². The van der Waals surface area contributed by atoms with Crippen molar-refractivity contribution in [1.82, 2.24) is 5.32 Å². The Hall–Kier alpha value is -2.91. The summed E-state index contributed by atoms with van der Waals surface area (Å²) >= 11 is 0. The van der Waals surface area contributed by atoms with Gasteiger partial charge in [-0.3, -0.25) is 4.79 Å². The Morgan fingerprint density at radius 1 is 1.07 bits per heavy atom. The highest BCUT2D eigenvalue weighted by atomic mass is 32.2. The normalized spacial score (nSPS) is 13.3. The third-order valence-electron chi connectivity index (χ3n) is 4.03. The second-order valence-electron chi connectivity index (χ2n) is 6.10. The minimum atomic E-state index is -4.02. The summed E-state index contributed by atoms with van der Waals surface area (Å²) in [5, 5.41) is 7.85. The molecule has 0 aliphatic heterocycles. The smallest absolute Gasteiger partial charge is 0.342 e. The fourth-order valence-electron chi connectivity index (χ4n) is 2.46. The molecule has 0 aromatic heterocycles. The number of ether oxygens (including phenoxy) is 2. The van der Waals surface area contributed by atoms with Gasteiger partial charge in [0.15, 0.2) is 6.10 Å². The van der Waals surface area contributed by atoms with Gasteiger partial charge in [0.2, 0.25) is 10.0 Å². The van der Waals surface area contributed by atoms with Crippen LogP contribution in [0.3, 0.4) is 0 Å². The number of nitrogens with one attached hydrogen (secondary N) is 1. The number of nitrogens with two attached hydrogens (primary N) is 1. The molecule has 3 N–H and O–H groups in total. The third-order valence-corrected chi connectivity index (χ3v) is 4.94. The number of benzene rings is 2. The summed E-state index contributed by atoms with van der Waals surface area (Å²) in [5.41, 5.74) is 0.752. The van der Waals surface area contributed by atoms with Crippen molar-refractivity contribution in [3.8, 4) is 5.75 Å². The monoisotopic (exact) mass is 406 g/mol. The first-order chi connectivity index (χ1) is 13.1. The minimum absolute atomic E-state index is 0.0997. The van der Waals surface area contributed by atoms with Crippen molar-refractivity contribution in [2.75, 3.05) is 7.11 Å². The number of carbonyl (C=O) groups is 2. The van der Waals surface area contributed by atoms with E-state index in [9.17, 15) is 18.0 Å². The van der Waals surface area contributed by atoms with Gasteiger partial charge in [-0.25, -0.2) is 18.4 Å². The molecule has 2 atom stereocenters. The van der Waals surface area contributed by atoms with Crippen LogP contribution in [-0.2, 0) is 19.6 Å². The van der Waals surface area contributed by atoms with Crippen LogP contribution in [-0.4, -0.2) is 33.5 Å². The lowest BCUT2D eigenvalue weighted by atomic mass is 10.1. The van der Waals surface area contributed by atoms with E-state index in [1.807, 2.05) is 30.3 Å². The van der Waals surface area contributed by atoms with E-state index >= 15 is 0 Å². The molecular formula is C19H22N2O6S. The number of esters is 1. The molecule has 28 heavy (non-hydrogen) atoms. The van der Waals surface area contributed by atoms with Gasteiger partial charge in [0.25, 0.3) is 5.91 Å². The molecule has 0 radical (unpaired) electrons. The molecule has 0 bridgehead atoms. The second kappa shape index (κ2) is 8.85. The van der Waals surface area contributed by atoms with Crippen molar-refractivity contribution in [2.45, 2.75) is 30.9 Å². The highest BCUT2D eigenvalue weighted by molar-refractivity contribution is 7.89. The van der Waals surface area contributed by atoms with Gasteiger partial charge >= 0.3 is 5.97 Å². The largest absolute Gasteiger partial charge is 0.496 e. The molecule has 0 unspecified atom stereocenters. The first kappa shape index (κ1) is 21.4. The van der Waals surface area contributed by atoms with Gasteiger partial charge in [-0.15, -0.1) is 0 Å². The molecule has 0 aliphatic carbocycles. The topological polar surface area (TPSA) is 125 Å². The molecule has 1 amide bonds. The first-order valence-corrected chi connectivity index (χ1v) is 9.95. The summed E-state index contributed by atoms with van der Waals surface area (Å²) in [6.45, 7) is 3.22. The van der Waals surface area contributed by atoms with E-state index in [4.69, 9.17) is 14.6 Å². The molecule has 2 aromatic carbocycles. The van der Waals surface area contributed by atoms with Crippen molar-refractivity contribution in [2.24, 2.45) is 5.14 Å². The van der Waals surface area contributed by atoms with Gasteiger partial charge in [-0.2, -0.15) is 0 Å². The predicted molar refractivity (Wildman–Crippen MR) is 102 cm³/mol. The van der Waals surface area contributed by atoms with Crippen LogP contribution >= 0.6 is 0 Å². The Kier molecular flexibility index (Phi) is 6.76. The molecule has 0 heterocycles. The number of methoxy groups -OCH3 is 1. The molecule has 0 saturated heterocycles. The quantitative estimate of drug-likeness (QED) is 0.675. The van der Waals surface area contributed by atoms with Crippen LogP contribution in [0.25, 0.3) is 0 Å². The van der Waals surface area contributed by atoms with Crippen molar-refractivity contribution in [3.63, 3.8) is 0 Å². The predicted octanol–water partition coefficient (Wildman–Crippen LogP) is 1.77. The summed E-state index contributed by atoms with van der Waals surface area (Å²) in [4.78, 5) is 24.5. The molecule has 0 aliphatic rings. The summed E-state index contributed by atoms with van der Waals surface area (Å²) < 4.78 is 33.3. The van der Waals surface area contributed by atoms with E-state index in [2.05, 4.69) is 5.32 Å². The van der Waals surface area contributed by atoms with E-state index < -0.39 is 28.0 Å². The molecular weight excluding hydrogens is 384 g/mol. The van der Waals surface area contributed by atoms with Gasteiger partial charge in [-0.05, 0) is 37.6 Å². The number of sulfonamides is 1. The van der Waals surface area contributed by atoms with Crippen LogP contribution < -0.4 is 15.2 Å². The molecule has 0 fully saturated rings. The molecule has 2 rings (SSSR count). The Morgan fingerprint density at radius 3 is 2.29 bits per heavy atom. The second-order valence-corrected chi connectivity index (χ2v) is 7.66. The summed E-state index contributed by atoms with van der Waals surface area (Å²) in [5.74, 6) is -1.30. The molecule has 9 heteroatoms. The number of carbonyl (C=O) groups excluding carboxylic acids is 2. The number of rotatable bonds is 7. The summed E-state index contributed by atoms with van der Waals surface area (Å²) in [7, 11) is -2.70. The number of hydrogen-bond donors (Lipinski definition) is 2. The lowest BCUT2D eigenvalue weighted by molar-refractivity contribution is -0.129. The zero-order valence-electron chi connectivity index (χ0n) is 15.7. The van der Waals surface area contributed by atoms with E-state index in [1.165, 1.54) is 26.2 Å². The van der Waals surface area contributed by atoms with Gasteiger partial charge in [-0.1, -0.05) is 30.3 Å². The van der Waals surface area contributed by atoms with Crippen molar-refractivity contribution in [1.29, 1.82) is 0 Å². The fourth-order valence-corrected chi connectivity index (χ4v) is 3.00. The molecule has 150 valence electrons. The first-order valence-electron chi connectivity index (χ1n) is 8.40. The van der Waals surface area contributed by atoms with E-state index in [1.54, 1.807) is 6.92 Å². The Bertz CT molecular complexity index is 960. The van der Waals surface area contributed by atoms with Gasteiger partial charge in [0, 0.05) is 0 Å². The lowest BCUT2D eigenvalue weighted by Gasteiger charge is -2.19. The zero-order valence-corrected chi connectivity index (χ0v) is 16.5. The minimum Gasteiger partial charge on any atom is -0.496 e. The van der Waals surface area contributed by atoms with Crippen LogP contribution in [0.2, 0.25) is 0 Å². The van der Waals surface area contributed by atoms with Crippen LogP contribution in [0, 0.1) is 0 Å². The maximum atomic E-state index is 12.5. The van der Waals surface area contributed by atoms with Crippen molar-refractivity contribution < 1.29 is 27.5 Å². The third kappa shape index (κ3) is 5.30. The van der Waals surface area contributed by atoms with Crippen LogP contribution in [0.15, 0.2) is 53.4 Å². The van der Waals surface area contributed by atoms with E-state index in [0.29, 0.717) is 0 Å². The Labute approximate surface area is 163 Å². The molecule has 0 spiro atoms. The SMILES string of the molecule is COc1ccc(S(N)(=O)=O)cc1C(=O)O[C@H](C)C(=O)N[C@@H](C)c1ccccc1. The Balaban J connectivity index is 2.12. The fraction of sp³-hybridized carbons (Fsp3) is 0.263. The van der Waals surface area contributed by atoms with Crippen LogP contribution in [0.5, 0.6) is 5.75 Å². The number of primary sulfonamides is 1. The van der Waals surface area contributed by atoms with Crippen molar-refractivity contribution in [3.05, 3.63) is 59.7 Å². The molecule has 0 saturated carbocycles. The average molecular weight is 406 g/mol. The zero-order chi connectivity index (χ0) is 20.9. The van der Waals surface area contributed by atoms with Gasteiger partial charge < -0.3 is 14.8 Å². The molecule has 2 aromatic rings. The average Bonchev–Trinajstić information content (AvgIpc) is 2.67. The lowest BCUT2D eigenvalue weighted by Crippen LogP contribution is -2.37. The maximum absolute atomic E-state index is 12.5. The Morgan fingerprint density at radius 2 is 1.71 bits per heavy atom. The highest BCUT2D eigenvalue weighted by Gasteiger charge is 2.24. The van der Waals surface area contributed by atoms with Crippen molar-refractivity contribution >= 4 is 21.9 Å². The van der Waals surface area contributed by atoms with E-state index in [0.717, 1.165) is 11.6 Å². The molecule has 8 nitrogen and oxygen atoms in total. The summed E-state index contributed by atoms with van der Waals surface area (Å²) in [6.07, 6.45) is -1.11. The van der Waals surface area contributed by atoms with Gasteiger partial charge in [0.1, 0.15) is 11.3 Å². The highest BCUT2D eigenvalue weighted by Crippen LogP contribution is 2.23. The number of amides is 1. The standard InChI is InChI=1S/C19H22N2O6S/c1-12(14-7-5-4-6-8-14)21-18(22)13(2)27-19(23)16-11-15(28(20,24)25)9-10-17(16)26-3/h4-13H,1-3H3,(H,21,22)(H2,20,24,25)/t12-,13+/m0/s1. The number of hydrogen-bond acceptors (Lipinski definition) is 6. The van der Waals surface area contributed by atoms with Crippen LogP contribution in [0.1, 0.15) is 35.8 Å².